The normalized spacial score (nSPS) is 10.3. The molecule has 0 spiro atoms. The minimum absolute atomic E-state index is 0.397. The van der Waals surface area contributed by atoms with Gasteiger partial charge in [-0.1, -0.05) is 13.0 Å². The number of thioether (sulfide) groups is 2. The van der Waals surface area contributed by atoms with Crippen LogP contribution in [0.15, 0.2) is 23.1 Å². The largest absolute Gasteiger partial charge is 0.478 e. The molecule has 0 aliphatic rings. The molecule has 1 aromatic rings. The zero-order valence-corrected chi connectivity index (χ0v) is 12.4. The summed E-state index contributed by atoms with van der Waals surface area (Å²) in [5.74, 6) is 1.09. The van der Waals surface area contributed by atoms with E-state index in [9.17, 15) is 9.90 Å². The van der Waals surface area contributed by atoms with Gasteiger partial charge in [-0.25, -0.2) is 4.79 Å². The molecule has 0 aliphatic carbocycles. The predicted octanol–water partition coefficient (Wildman–Crippen LogP) is 3.66. The predicted molar refractivity (Wildman–Crippen MR) is 81.3 cm³/mol. The second kappa shape index (κ2) is 8.32. The first-order valence-electron chi connectivity index (χ1n) is 5.92. The van der Waals surface area contributed by atoms with E-state index in [0.29, 0.717) is 5.56 Å². The van der Waals surface area contributed by atoms with E-state index in [-0.39, 0.29) is 0 Å². The molecule has 0 amide bonds. The number of nitrogens with one attached hydrogen (secondary N) is 1. The van der Waals surface area contributed by atoms with Gasteiger partial charge in [0, 0.05) is 17.1 Å². The van der Waals surface area contributed by atoms with E-state index < -0.39 is 5.97 Å². The van der Waals surface area contributed by atoms with Gasteiger partial charge in [-0.2, -0.15) is 11.8 Å². The van der Waals surface area contributed by atoms with E-state index in [0.717, 1.165) is 35.1 Å². The molecule has 0 aromatic heterocycles. The average molecular weight is 285 g/mol. The summed E-state index contributed by atoms with van der Waals surface area (Å²) in [5, 5.41) is 12.5. The maximum Gasteiger partial charge on any atom is 0.338 e. The number of hydrogen-bond donors (Lipinski definition) is 2. The Morgan fingerprint density at radius 3 is 2.83 bits per heavy atom. The van der Waals surface area contributed by atoms with Crippen LogP contribution in [0, 0.1) is 0 Å². The SMILES string of the molecule is CCSc1cccc(NCCCSC)c1C(=O)O. The number of rotatable bonds is 8. The standard InChI is InChI=1S/C13H19NO2S2/c1-3-18-11-7-4-6-10(12(11)13(15)16)14-8-5-9-17-2/h4,6-7,14H,3,5,8-9H2,1-2H3,(H,15,16). The molecule has 0 radical (unpaired) electrons. The first kappa shape index (κ1) is 15.2. The molecule has 0 bridgehead atoms. The van der Waals surface area contributed by atoms with E-state index in [1.165, 1.54) is 0 Å². The summed E-state index contributed by atoms with van der Waals surface area (Å²) in [5.41, 5.74) is 1.12. The third-order valence-electron chi connectivity index (χ3n) is 2.38. The molecule has 0 fully saturated rings. The Morgan fingerprint density at radius 2 is 2.22 bits per heavy atom. The first-order valence-corrected chi connectivity index (χ1v) is 8.30. The van der Waals surface area contributed by atoms with Crippen LogP contribution in [0.4, 0.5) is 5.69 Å². The highest BCUT2D eigenvalue weighted by atomic mass is 32.2. The topological polar surface area (TPSA) is 49.3 Å². The van der Waals surface area contributed by atoms with E-state index in [2.05, 4.69) is 11.6 Å². The smallest absolute Gasteiger partial charge is 0.338 e. The molecule has 1 aromatic carbocycles. The van der Waals surface area contributed by atoms with Crippen LogP contribution in [-0.4, -0.2) is 35.4 Å². The number of carboxylic acid groups (broad SMARTS) is 1. The number of carboxylic acids is 1. The van der Waals surface area contributed by atoms with Gasteiger partial charge in [-0.3, -0.25) is 0 Å². The quantitative estimate of drug-likeness (QED) is 0.564. The van der Waals surface area contributed by atoms with Crippen LogP contribution in [0.1, 0.15) is 23.7 Å². The lowest BCUT2D eigenvalue weighted by Crippen LogP contribution is -2.09. The van der Waals surface area contributed by atoms with Crippen molar-refractivity contribution in [1.82, 2.24) is 0 Å². The van der Waals surface area contributed by atoms with E-state index in [1.54, 1.807) is 23.5 Å². The Morgan fingerprint density at radius 1 is 1.44 bits per heavy atom. The second-order valence-corrected chi connectivity index (χ2v) is 5.98. The van der Waals surface area contributed by atoms with Gasteiger partial charge in [0.05, 0.1) is 5.56 Å². The summed E-state index contributed by atoms with van der Waals surface area (Å²) in [6, 6.07) is 5.61. The molecule has 1 rings (SSSR count). The van der Waals surface area contributed by atoms with Crippen molar-refractivity contribution in [3.8, 4) is 0 Å². The van der Waals surface area contributed by atoms with Gasteiger partial charge in [0.1, 0.15) is 0 Å². The van der Waals surface area contributed by atoms with Crippen LogP contribution in [-0.2, 0) is 0 Å². The van der Waals surface area contributed by atoms with Crippen molar-refractivity contribution in [2.75, 3.05) is 29.6 Å². The summed E-state index contributed by atoms with van der Waals surface area (Å²) in [6.07, 6.45) is 3.10. The fourth-order valence-electron chi connectivity index (χ4n) is 1.61. The summed E-state index contributed by atoms with van der Waals surface area (Å²) < 4.78 is 0. The summed E-state index contributed by atoms with van der Waals surface area (Å²) in [4.78, 5) is 12.2. The fraction of sp³-hybridized carbons (Fsp3) is 0.462. The molecule has 0 atom stereocenters. The van der Waals surface area contributed by atoms with Crippen LogP contribution in [0.25, 0.3) is 0 Å². The van der Waals surface area contributed by atoms with Crippen molar-refractivity contribution in [3.05, 3.63) is 23.8 Å². The first-order chi connectivity index (χ1) is 8.70. The van der Waals surface area contributed by atoms with Crippen LogP contribution in [0.2, 0.25) is 0 Å². The molecule has 5 heteroatoms. The fourth-order valence-corrected chi connectivity index (χ4v) is 2.87. The molecule has 3 nitrogen and oxygen atoms in total. The number of aromatic carboxylic acids is 1. The van der Waals surface area contributed by atoms with Crippen molar-refractivity contribution in [2.45, 2.75) is 18.2 Å². The van der Waals surface area contributed by atoms with Crippen molar-refractivity contribution in [2.24, 2.45) is 0 Å². The lowest BCUT2D eigenvalue weighted by molar-refractivity contribution is 0.0694. The molecular formula is C13H19NO2S2. The van der Waals surface area contributed by atoms with Crippen LogP contribution in [0.5, 0.6) is 0 Å². The van der Waals surface area contributed by atoms with Gasteiger partial charge in [0.25, 0.3) is 0 Å². The maximum absolute atomic E-state index is 11.3. The zero-order chi connectivity index (χ0) is 13.4. The lowest BCUT2D eigenvalue weighted by Gasteiger charge is -2.12. The molecule has 18 heavy (non-hydrogen) atoms. The van der Waals surface area contributed by atoms with Gasteiger partial charge in [0.2, 0.25) is 0 Å². The van der Waals surface area contributed by atoms with E-state index in [4.69, 9.17) is 0 Å². The molecule has 0 heterocycles. The van der Waals surface area contributed by atoms with Crippen LogP contribution in [0.3, 0.4) is 0 Å². The van der Waals surface area contributed by atoms with Crippen molar-refractivity contribution in [1.29, 1.82) is 0 Å². The highest BCUT2D eigenvalue weighted by Crippen LogP contribution is 2.28. The summed E-state index contributed by atoms with van der Waals surface area (Å²) >= 11 is 3.36. The lowest BCUT2D eigenvalue weighted by atomic mass is 10.1. The monoisotopic (exact) mass is 285 g/mol. The second-order valence-electron chi connectivity index (χ2n) is 3.69. The molecule has 100 valence electrons. The molecule has 0 saturated carbocycles. The zero-order valence-electron chi connectivity index (χ0n) is 10.7. The average Bonchev–Trinajstić information content (AvgIpc) is 2.35. The molecule has 2 N–H and O–H groups in total. The van der Waals surface area contributed by atoms with Gasteiger partial charge in [-0.15, -0.1) is 11.8 Å². The van der Waals surface area contributed by atoms with Crippen LogP contribution >= 0.6 is 23.5 Å². The maximum atomic E-state index is 11.3. The van der Waals surface area contributed by atoms with Gasteiger partial charge in [0.15, 0.2) is 0 Å². The summed E-state index contributed by atoms with van der Waals surface area (Å²) in [7, 11) is 0. The minimum atomic E-state index is -0.862. The minimum Gasteiger partial charge on any atom is -0.478 e. The molecule has 0 aliphatic heterocycles. The number of hydrogen-bond acceptors (Lipinski definition) is 4. The third kappa shape index (κ3) is 4.46. The van der Waals surface area contributed by atoms with Crippen molar-refractivity contribution >= 4 is 35.2 Å². The van der Waals surface area contributed by atoms with E-state index in [1.807, 2.05) is 25.1 Å². The van der Waals surface area contributed by atoms with Gasteiger partial charge in [-0.05, 0) is 36.3 Å². The Hall–Kier alpha value is -0.810. The Kier molecular flexibility index (Phi) is 7.05. The van der Waals surface area contributed by atoms with Crippen LogP contribution < -0.4 is 5.32 Å². The van der Waals surface area contributed by atoms with Gasteiger partial charge >= 0.3 is 5.97 Å². The van der Waals surface area contributed by atoms with E-state index >= 15 is 0 Å². The van der Waals surface area contributed by atoms with Crippen molar-refractivity contribution in [3.63, 3.8) is 0 Å². The Balaban J connectivity index is 2.82. The Bertz CT molecular complexity index is 397. The molecule has 0 unspecified atom stereocenters. The number of benzene rings is 1. The highest BCUT2D eigenvalue weighted by molar-refractivity contribution is 7.99. The van der Waals surface area contributed by atoms with Gasteiger partial charge < -0.3 is 10.4 Å². The number of anilines is 1. The summed E-state index contributed by atoms with van der Waals surface area (Å²) in [6.45, 7) is 2.83. The molecular weight excluding hydrogens is 266 g/mol. The number of carbonyl (C=O) groups is 1. The highest BCUT2D eigenvalue weighted by Gasteiger charge is 2.14. The van der Waals surface area contributed by atoms with Crippen molar-refractivity contribution < 1.29 is 9.90 Å². The third-order valence-corrected chi connectivity index (χ3v) is 4.02. The Labute approximate surface area is 117 Å². The molecule has 0 saturated heterocycles.